The molecule has 0 aliphatic carbocycles. The zero-order valence-electron chi connectivity index (χ0n) is 11.7. The van der Waals surface area contributed by atoms with Gasteiger partial charge >= 0.3 is 0 Å². The Bertz CT molecular complexity index is 329. The Morgan fingerprint density at radius 1 is 1.22 bits per heavy atom. The van der Waals surface area contributed by atoms with Crippen LogP contribution in [0.25, 0.3) is 0 Å². The molecule has 0 aromatic heterocycles. The molecule has 0 radical (unpaired) electrons. The van der Waals surface area contributed by atoms with Crippen molar-refractivity contribution in [3.63, 3.8) is 0 Å². The van der Waals surface area contributed by atoms with Crippen molar-refractivity contribution in [2.45, 2.75) is 38.9 Å². The third-order valence-corrected chi connectivity index (χ3v) is 2.98. The van der Waals surface area contributed by atoms with Crippen molar-refractivity contribution in [1.82, 2.24) is 0 Å². The highest BCUT2D eigenvalue weighted by molar-refractivity contribution is 5.15. The number of benzene rings is 1. The molecule has 0 unspecified atom stereocenters. The molecule has 1 aromatic rings. The van der Waals surface area contributed by atoms with E-state index in [0.717, 1.165) is 6.42 Å². The van der Waals surface area contributed by atoms with Crippen molar-refractivity contribution < 1.29 is 14.6 Å². The van der Waals surface area contributed by atoms with E-state index in [1.807, 2.05) is 18.2 Å². The van der Waals surface area contributed by atoms with E-state index in [2.05, 4.69) is 19.1 Å². The fraction of sp³-hybridized carbons (Fsp3) is 0.600. The Balaban J connectivity index is 2.67. The normalized spacial score (nSPS) is 15.4. The number of hydrogen-bond donors (Lipinski definition) is 1. The van der Waals surface area contributed by atoms with Gasteiger partial charge < -0.3 is 14.6 Å². The zero-order valence-corrected chi connectivity index (χ0v) is 11.7. The highest BCUT2D eigenvalue weighted by Gasteiger charge is 2.32. The van der Waals surface area contributed by atoms with Crippen molar-refractivity contribution in [2.75, 3.05) is 13.9 Å². The zero-order chi connectivity index (χ0) is 13.6. The monoisotopic (exact) mass is 252 g/mol. The molecule has 0 fully saturated rings. The summed E-state index contributed by atoms with van der Waals surface area (Å²) in [6.45, 7) is 5.84. The molecule has 0 bridgehead atoms. The van der Waals surface area contributed by atoms with E-state index in [4.69, 9.17) is 9.47 Å². The van der Waals surface area contributed by atoms with Crippen LogP contribution in [0.15, 0.2) is 30.3 Å². The van der Waals surface area contributed by atoms with E-state index in [1.54, 1.807) is 21.0 Å². The van der Waals surface area contributed by atoms with Crippen LogP contribution < -0.4 is 0 Å². The summed E-state index contributed by atoms with van der Waals surface area (Å²) in [6.07, 6.45) is 0.622. The molecule has 0 spiro atoms. The molecule has 102 valence electrons. The molecule has 18 heavy (non-hydrogen) atoms. The van der Waals surface area contributed by atoms with Crippen molar-refractivity contribution in [3.8, 4) is 0 Å². The minimum Gasteiger partial charge on any atom is -0.388 e. The van der Waals surface area contributed by atoms with E-state index in [1.165, 1.54) is 5.56 Å². The molecule has 0 heterocycles. The summed E-state index contributed by atoms with van der Waals surface area (Å²) in [5.41, 5.74) is 0.368. The lowest BCUT2D eigenvalue weighted by atomic mass is 9.86. The summed E-state index contributed by atoms with van der Waals surface area (Å²) in [6, 6.07) is 10.2. The average molecular weight is 252 g/mol. The highest BCUT2D eigenvalue weighted by Crippen LogP contribution is 2.24. The smallest absolute Gasteiger partial charge is 0.146 e. The van der Waals surface area contributed by atoms with Crippen molar-refractivity contribution in [3.05, 3.63) is 35.9 Å². The fourth-order valence-corrected chi connectivity index (χ4v) is 2.30. The van der Waals surface area contributed by atoms with Crippen LogP contribution in [0.4, 0.5) is 0 Å². The Hall–Kier alpha value is -0.900. The van der Waals surface area contributed by atoms with Gasteiger partial charge in [-0.25, -0.2) is 0 Å². The fourth-order valence-electron chi connectivity index (χ4n) is 2.30. The van der Waals surface area contributed by atoms with Gasteiger partial charge in [-0.3, -0.25) is 0 Å². The van der Waals surface area contributed by atoms with Crippen molar-refractivity contribution in [1.29, 1.82) is 0 Å². The second-order valence-corrected chi connectivity index (χ2v) is 5.31. The predicted molar refractivity (Wildman–Crippen MR) is 72.4 cm³/mol. The average Bonchev–Trinajstić information content (AvgIpc) is 2.29. The van der Waals surface area contributed by atoms with Gasteiger partial charge in [-0.05, 0) is 31.7 Å². The molecule has 3 heteroatoms. The van der Waals surface area contributed by atoms with Crippen LogP contribution in [0, 0.1) is 5.92 Å². The van der Waals surface area contributed by atoms with Gasteiger partial charge in [0.25, 0.3) is 0 Å². The van der Waals surface area contributed by atoms with E-state index in [0.29, 0.717) is 0 Å². The maximum atomic E-state index is 10.2. The Morgan fingerprint density at radius 2 is 1.83 bits per heavy atom. The van der Waals surface area contributed by atoms with Gasteiger partial charge in [0.2, 0.25) is 0 Å². The maximum Gasteiger partial charge on any atom is 0.146 e. The predicted octanol–water partition coefficient (Wildman–Crippen LogP) is 2.63. The van der Waals surface area contributed by atoms with E-state index in [-0.39, 0.29) is 18.8 Å². The number of aliphatic hydroxyl groups is 1. The van der Waals surface area contributed by atoms with Gasteiger partial charge in [-0.15, -0.1) is 0 Å². The Labute approximate surface area is 110 Å². The molecule has 0 saturated heterocycles. The first-order chi connectivity index (χ1) is 8.45. The first kappa shape index (κ1) is 15.2. The van der Waals surface area contributed by atoms with Gasteiger partial charge in [-0.1, -0.05) is 37.3 Å². The molecule has 1 rings (SSSR count). The number of hydrogen-bond acceptors (Lipinski definition) is 3. The van der Waals surface area contributed by atoms with Gasteiger partial charge in [0, 0.05) is 7.11 Å². The summed E-state index contributed by atoms with van der Waals surface area (Å²) in [5, 5.41) is 10.2. The minimum atomic E-state index is -0.882. The van der Waals surface area contributed by atoms with Crippen LogP contribution in [-0.4, -0.2) is 30.7 Å². The third kappa shape index (κ3) is 4.77. The summed E-state index contributed by atoms with van der Waals surface area (Å²) < 4.78 is 10.6. The molecule has 1 aromatic carbocycles. The topological polar surface area (TPSA) is 38.7 Å². The third-order valence-electron chi connectivity index (χ3n) is 2.98. The van der Waals surface area contributed by atoms with E-state index >= 15 is 0 Å². The van der Waals surface area contributed by atoms with Crippen LogP contribution in [0.1, 0.15) is 26.3 Å². The Kier molecular flexibility index (Phi) is 5.79. The molecule has 0 aliphatic heterocycles. The first-order valence-corrected chi connectivity index (χ1v) is 6.32. The molecule has 1 N–H and O–H groups in total. The van der Waals surface area contributed by atoms with Gasteiger partial charge in [0.15, 0.2) is 0 Å². The van der Waals surface area contributed by atoms with Crippen LogP contribution in [0.5, 0.6) is 0 Å². The Morgan fingerprint density at radius 3 is 2.33 bits per heavy atom. The summed E-state index contributed by atoms with van der Waals surface area (Å²) in [4.78, 5) is 0. The highest BCUT2D eigenvalue weighted by atomic mass is 16.7. The SMILES string of the molecule is COCO[C@H]([C@@H](C)Cc1ccccc1)C(C)(C)O. The first-order valence-electron chi connectivity index (χ1n) is 6.32. The van der Waals surface area contributed by atoms with Crippen molar-refractivity contribution >= 4 is 0 Å². The molecular weight excluding hydrogens is 228 g/mol. The lowest BCUT2D eigenvalue weighted by Gasteiger charge is -2.34. The molecule has 2 atom stereocenters. The lowest BCUT2D eigenvalue weighted by Crippen LogP contribution is -2.43. The van der Waals surface area contributed by atoms with Crippen LogP contribution in [-0.2, 0) is 15.9 Å². The molecule has 3 nitrogen and oxygen atoms in total. The molecular formula is C15H24O3. The van der Waals surface area contributed by atoms with Gasteiger partial charge in [0.1, 0.15) is 6.79 Å². The summed E-state index contributed by atoms with van der Waals surface area (Å²) in [7, 11) is 1.59. The van der Waals surface area contributed by atoms with Crippen LogP contribution in [0.2, 0.25) is 0 Å². The maximum absolute atomic E-state index is 10.2. The number of ether oxygens (including phenoxy) is 2. The second kappa shape index (κ2) is 6.88. The molecule has 0 amide bonds. The number of rotatable bonds is 7. The number of methoxy groups -OCH3 is 1. The van der Waals surface area contributed by atoms with Gasteiger partial charge in [0.05, 0.1) is 11.7 Å². The van der Waals surface area contributed by atoms with E-state index in [9.17, 15) is 5.11 Å². The van der Waals surface area contributed by atoms with Crippen LogP contribution >= 0.6 is 0 Å². The van der Waals surface area contributed by atoms with E-state index < -0.39 is 5.60 Å². The summed E-state index contributed by atoms with van der Waals surface area (Å²) >= 11 is 0. The van der Waals surface area contributed by atoms with Gasteiger partial charge in [-0.2, -0.15) is 0 Å². The molecule has 0 aliphatic rings. The largest absolute Gasteiger partial charge is 0.388 e. The van der Waals surface area contributed by atoms with Crippen LogP contribution in [0.3, 0.4) is 0 Å². The molecule has 0 saturated carbocycles. The minimum absolute atomic E-state index is 0.202. The standard InChI is InChI=1S/C15H24O3/c1-12(10-13-8-6-5-7-9-13)14(15(2,3)16)18-11-17-4/h5-9,12,14,16H,10-11H2,1-4H3/t12-,14+/m0/s1. The quantitative estimate of drug-likeness (QED) is 0.758. The lowest BCUT2D eigenvalue weighted by molar-refractivity contribution is -0.160. The van der Waals surface area contributed by atoms with Crippen molar-refractivity contribution in [2.24, 2.45) is 5.92 Å². The second-order valence-electron chi connectivity index (χ2n) is 5.31. The summed E-state index contributed by atoms with van der Waals surface area (Å²) in [5.74, 6) is 0.211.